The Morgan fingerprint density at radius 2 is 1.75 bits per heavy atom. The lowest BCUT2D eigenvalue weighted by atomic mass is 10.1. The predicted octanol–water partition coefficient (Wildman–Crippen LogP) is 2.58. The molecule has 1 aromatic heterocycles. The van der Waals surface area contributed by atoms with Gasteiger partial charge < -0.3 is 4.74 Å². The third-order valence-electron chi connectivity index (χ3n) is 5.94. The van der Waals surface area contributed by atoms with E-state index in [4.69, 9.17) is 4.74 Å². The van der Waals surface area contributed by atoms with E-state index in [1.807, 2.05) is 0 Å². The highest BCUT2D eigenvalue weighted by Gasteiger charge is 2.34. The van der Waals surface area contributed by atoms with E-state index in [0.29, 0.717) is 47.0 Å². The maximum atomic E-state index is 12.5. The second-order valence-corrected chi connectivity index (χ2v) is 7.97. The number of unbranched alkanes of at least 4 members (excludes halogenated alkanes) is 1. The second kappa shape index (κ2) is 8.03. The Bertz CT molecular complexity index is 1290. The molecular formula is C24H21N3O5. The number of imide groups is 1. The monoisotopic (exact) mass is 431 g/mol. The number of carbonyl (C=O) groups is 3. The van der Waals surface area contributed by atoms with Gasteiger partial charge in [0.25, 0.3) is 17.4 Å². The summed E-state index contributed by atoms with van der Waals surface area (Å²) in [6.45, 7) is 1.13. The van der Waals surface area contributed by atoms with Crippen LogP contribution in [0, 0.1) is 0 Å². The summed E-state index contributed by atoms with van der Waals surface area (Å²) >= 11 is 0. The van der Waals surface area contributed by atoms with E-state index in [-0.39, 0.29) is 30.5 Å². The van der Waals surface area contributed by atoms with Crippen molar-refractivity contribution in [1.29, 1.82) is 0 Å². The van der Waals surface area contributed by atoms with Gasteiger partial charge in [-0.05, 0) is 49.6 Å². The molecule has 0 aliphatic carbocycles. The van der Waals surface area contributed by atoms with Gasteiger partial charge in [0, 0.05) is 19.5 Å². The third kappa shape index (κ3) is 3.37. The number of benzene rings is 2. The van der Waals surface area contributed by atoms with Crippen LogP contribution >= 0.6 is 0 Å². The van der Waals surface area contributed by atoms with Crippen molar-refractivity contribution in [2.75, 3.05) is 13.2 Å². The van der Waals surface area contributed by atoms with Crippen molar-refractivity contribution in [3.63, 3.8) is 0 Å². The van der Waals surface area contributed by atoms with Gasteiger partial charge in [-0.25, -0.2) is 9.78 Å². The first-order chi connectivity index (χ1) is 15.5. The van der Waals surface area contributed by atoms with E-state index in [1.165, 1.54) is 4.90 Å². The standard InChI is InChI=1S/C24H21N3O5/c28-21-16-6-1-2-7-17(16)22(29)27(21)11-3-4-13-32-24(31)15-9-10-18-19(14-15)25-20-8-5-12-26(20)23(18)30/h1-2,6-7,9-10,14H,3-5,8,11-13H2. The first-order valence-corrected chi connectivity index (χ1v) is 10.7. The van der Waals surface area contributed by atoms with Gasteiger partial charge in [0.1, 0.15) is 5.82 Å². The van der Waals surface area contributed by atoms with Crippen LogP contribution in [0.1, 0.15) is 56.2 Å². The minimum atomic E-state index is -0.491. The SMILES string of the molecule is O=C(OCCCCN1C(=O)c2ccccc2C1=O)c1ccc2c(=O)n3c(nc2c1)CCC3. The van der Waals surface area contributed by atoms with Crippen molar-refractivity contribution in [2.24, 2.45) is 0 Å². The second-order valence-electron chi connectivity index (χ2n) is 7.97. The fourth-order valence-electron chi connectivity index (χ4n) is 4.27. The number of aryl methyl sites for hydroxylation is 1. The van der Waals surface area contributed by atoms with Crippen LogP contribution in [0.3, 0.4) is 0 Å². The molecule has 2 aliphatic rings. The normalized spacial score (nSPS) is 14.7. The summed E-state index contributed by atoms with van der Waals surface area (Å²) < 4.78 is 7.03. The van der Waals surface area contributed by atoms with E-state index in [0.717, 1.165) is 18.7 Å². The molecule has 2 aromatic carbocycles. The molecule has 0 saturated heterocycles. The molecule has 0 saturated carbocycles. The van der Waals surface area contributed by atoms with Gasteiger partial charge in [-0.3, -0.25) is 23.9 Å². The molecule has 2 amide bonds. The van der Waals surface area contributed by atoms with Gasteiger partial charge in [-0.2, -0.15) is 0 Å². The average molecular weight is 431 g/mol. The van der Waals surface area contributed by atoms with Crippen LogP contribution in [0.5, 0.6) is 0 Å². The third-order valence-corrected chi connectivity index (χ3v) is 5.94. The molecule has 0 radical (unpaired) electrons. The Hall–Kier alpha value is -3.81. The number of aromatic nitrogens is 2. The smallest absolute Gasteiger partial charge is 0.338 e. The molecule has 0 N–H and O–H groups in total. The van der Waals surface area contributed by atoms with E-state index < -0.39 is 5.97 Å². The molecular weight excluding hydrogens is 410 g/mol. The number of amides is 2. The molecule has 0 atom stereocenters. The minimum Gasteiger partial charge on any atom is -0.462 e. The van der Waals surface area contributed by atoms with Crippen molar-refractivity contribution in [3.05, 3.63) is 75.3 Å². The molecule has 3 aromatic rings. The zero-order chi connectivity index (χ0) is 22.2. The molecule has 0 fully saturated rings. The first-order valence-electron chi connectivity index (χ1n) is 10.7. The van der Waals surface area contributed by atoms with Gasteiger partial charge >= 0.3 is 5.97 Å². The molecule has 0 unspecified atom stereocenters. The first kappa shape index (κ1) is 20.1. The van der Waals surface area contributed by atoms with E-state index in [9.17, 15) is 19.2 Å². The lowest BCUT2D eigenvalue weighted by Crippen LogP contribution is -2.30. The number of ether oxygens (including phenoxy) is 1. The van der Waals surface area contributed by atoms with Crippen LogP contribution in [-0.2, 0) is 17.7 Å². The Morgan fingerprint density at radius 3 is 2.50 bits per heavy atom. The fourth-order valence-corrected chi connectivity index (χ4v) is 4.27. The van der Waals surface area contributed by atoms with E-state index >= 15 is 0 Å². The maximum absolute atomic E-state index is 12.5. The summed E-state index contributed by atoms with van der Waals surface area (Å²) in [7, 11) is 0. The van der Waals surface area contributed by atoms with E-state index in [2.05, 4.69) is 4.98 Å². The average Bonchev–Trinajstić information content (AvgIpc) is 3.37. The number of carbonyl (C=O) groups excluding carboxylic acids is 3. The highest BCUT2D eigenvalue weighted by atomic mass is 16.5. The number of hydrogen-bond donors (Lipinski definition) is 0. The fraction of sp³-hybridized carbons (Fsp3) is 0.292. The molecule has 2 aliphatic heterocycles. The van der Waals surface area contributed by atoms with Gasteiger partial charge in [0.15, 0.2) is 0 Å². The zero-order valence-electron chi connectivity index (χ0n) is 17.4. The molecule has 8 heteroatoms. The number of esters is 1. The summed E-state index contributed by atoms with van der Waals surface area (Å²) in [6, 6.07) is 11.6. The zero-order valence-corrected chi connectivity index (χ0v) is 17.4. The summed E-state index contributed by atoms with van der Waals surface area (Å²) in [6.07, 6.45) is 2.70. The molecule has 0 spiro atoms. The Labute approximate surface area is 183 Å². The molecule has 5 rings (SSSR count). The van der Waals surface area contributed by atoms with Gasteiger partial charge in [-0.15, -0.1) is 0 Å². The van der Waals surface area contributed by atoms with Crippen molar-refractivity contribution < 1.29 is 19.1 Å². The highest BCUT2D eigenvalue weighted by molar-refractivity contribution is 6.21. The van der Waals surface area contributed by atoms with Crippen molar-refractivity contribution >= 4 is 28.7 Å². The van der Waals surface area contributed by atoms with Gasteiger partial charge in [0.2, 0.25) is 0 Å². The van der Waals surface area contributed by atoms with Gasteiger partial charge in [-0.1, -0.05) is 12.1 Å². The summed E-state index contributed by atoms with van der Waals surface area (Å²) in [4.78, 5) is 55.4. The maximum Gasteiger partial charge on any atom is 0.338 e. The number of hydrogen-bond acceptors (Lipinski definition) is 6. The molecule has 32 heavy (non-hydrogen) atoms. The summed E-state index contributed by atoms with van der Waals surface area (Å²) in [5.41, 5.74) is 1.63. The largest absolute Gasteiger partial charge is 0.462 e. The quantitative estimate of drug-likeness (QED) is 0.338. The minimum absolute atomic E-state index is 0.0735. The molecule has 3 heterocycles. The van der Waals surface area contributed by atoms with E-state index in [1.54, 1.807) is 47.0 Å². The summed E-state index contributed by atoms with van der Waals surface area (Å²) in [5, 5.41) is 0.494. The molecule has 0 bridgehead atoms. The van der Waals surface area contributed by atoms with Crippen molar-refractivity contribution in [3.8, 4) is 0 Å². The topological polar surface area (TPSA) is 98.6 Å². The predicted molar refractivity (Wildman–Crippen MR) is 116 cm³/mol. The van der Waals surface area contributed by atoms with Gasteiger partial charge in [0.05, 0.1) is 34.2 Å². The lowest BCUT2D eigenvalue weighted by molar-refractivity contribution is 0.0486. The van der Waals surface area contributed by atoms with Crippen molar-refractivity contribution in [2.45, 2.75) is 32.2 Å². The number of nitrogens with zero attached hydrogens (tertiary/aromatic N) is 3. The van der Waals surface area contributed by atoms with Crippen LogP contribution in [0.2, 0.25) is 0 Å². The van der Waals surface area contributed by atoms with Crippen LogP contribution in [0.25, 0.3) is 10.9 Å². The molecule has 162 valence electrons. The Kier molecular flexibility index (Phi) is 5.05. The van der Waals surface area contributed by atoms with Crippen LogP contribution < -0.4 is 5.56 Å². The van der Waals surface area contributed by atoms with Crippen LogP contribution in [0.4, 0.5) is 0 Å². The van der Waals surface area contributed by atoms with Crippen molar-refractivity contribution in [1.82, 2.24) is 14.5 Å². The summed E-state index contributed by atoms with van der Waals surface area (Å²) in [5.74, 6) is -0.307. The Balaban J connectivity index is 1.16. The number of fused-ring (bicyclic) bond motifs is 3. The highest BCUT2D eigenvalue weighted by Crippen LogP contribution is 2.22. The van der Waals surface area contributed by atoms with Crippen LogP contribution in [0.15, 0.2) is 47.3 Å². The van der Waals surface area contributed by atoms with Crippen LogP contribution in [-0.4, -0.2) is 45.4 Å². The lowest BCUT2D eigenvalue weighted by Gasteiger charge is -2.13. The Morgan fingerprint density at radius 1 is 1.00 bits per heavy atom. The molecule has 8 nitrogen and oxygen atoms in total. The number of rotatable bonds is 6.